The van der Waals surface area contributed by atoms with E-state index in [1.165, 1.54) is 11.1 Å². The third-order valence-corrected chi connectivity index (χ3v) is 4.26. The van der Waals surface area contributed by atoms with E-state index in [-0.39, 0.29) is 12.1 Å². The van der Waals surface area contributed by atoms with Gasteiger partial charge in [-0.3, -0.25) is 4.99 Å². The molecule has 0 aromatic heterocycles. The van der Waals surface area contributed by atoms with Gasteiger partial charge >= 0.3 is 6.03 Å². The first-order chi connectivity index (χ1) is 13.5. The van der Waals surface area contributed by atoms with Crippen molar-refractivity contribution < 1.29 is 4.79 Å². The van der Waals surface area contributed by atoms with E-state index in [1.807, 2.05) is 38.1 Å². The van der Waals surface area contributed by atoms with Crippen molar-refractivity contribution in [3.8, 4) is 0 Å². The molecule has 0 saturated heterocycles. The number of guanidine groups is 1. The maximum absolute atomic E-state index is 11.7. The lowest BCUT2D eigenvalue weighted by molar-refractivity contribution is 0.250. The molecule has 0 spiro atoms. The van der Waals surface area contributed by atoms with Crippen molar-refractivity contribution in [2.75, 3.05) is 12.4 Å². The fourth-order valence-electron chi connectivity index (χ4n) is 2.80. The highest BCUT2D eigenvalue weighted by Gasteiger charge is 2.04. The first kappa shape index (κ1) is 21.3. The number of amides is 2. The number of aliphatic imine (C=N–C) groups is 1. The monoisotopic (exact) mass is 381 g/mol. The van der Waals surface area contributed by atoms with Crippen molar-refractivity contribution in [1.82, 2.24) is 16.0 Å². The second-order valence-corrected chi connectivity index (χ2v) is 6.85. The van der Waals surface area contributed by atoms with Gasteiger partial charge in [0.25, 0.3) is 0 Å². The van der Waals surface area contributed by atoms with Crippen LogP contribution in [0, 0.1) is 0 Å². The summed E-state index contributed by atoms with van der Waals surface area (Å²) >= 11 is 0. The van der Waals surface area contributed by atoms with Gasteiger partial charge in [0.15, 0.2) is 5.96 Å². The molecule has 0 heterocycles. The average molecular weight is 382 g/mol. The first-order valence-electron chi connectivity index (χ1n) is 9.69. The SMILES string of the molecule is CCc1ccccc1CNC(=NC)NCc1ccc(NC(=O)NC(C)C)cc1. The number of nitrogens with one attached hydrogen (secondary N) is 4. The van der Waals surface area contributed by atoms with Gasteiger partial charge < -0.3 is 21.3 Å². The molecule has 2 rings (SSSR count). The van der Waals surface area contributed by atoms with E-state index in [0.29, 0.717) is 6.54 Å². The van der Waals surface area contributed by atoms with Crippen molar-refractivity contribution in [3.05, 3.63) is 65.2 Å². The molecule has 28 heavy (non-hydrogen) atoms. The predicted molar refractivity (Wildman–Crippen MR) is 117 cm³/mol. The Bertz CT molecular complexity index is 784. The van der Waals surface area contributed by atoms with Gasteiger partial charge in [0.2, 0.25) is 0 Å². The Morgan fingerprint density at radius 3 is 2.21 bits per heavy atom. The topological polar surface area (TPSA) is 77.6 Å². The summed E-state index contributed by atoms with van der Waals surface area (Å²) in [7, 11) is 1.77. The van der Waals surface area contributed by atoms with E-state index >= 15 is 0 Å². The number of aryl methyl sites for hydroxylation is 1. The van der Waals surface area contributed by atoms with E-state index < -0.39 is 0 Å². The second kappa shape index (κ2) is 11.0. The third kappa shape index (κ3) is 6.95. The molecule has 0 atom stereocenters. The molecule has 0 aliphatic heterocycles. The van der Waals surface area contributed by atoms with E-state index in [9.17, 15) is 4.79 Å². The van der Waals surface area contributed by atoms with Crippen molar-refractivity contribution in [2.45, 2.75) is 46.3 Å². The lowest BCUT2D eigenvalue weighted by Crippen LogP contribution is -2.36. The summed E-state index contributed by atoms with van der Waals surface area (Å²) in [6.07, 6.45) is 1.01. The number of anilines is 1. The normalized spacial score (nSPS) is 11.2. The van der Waals surface area contributed by atoms with Gasteiger partial charge in [-0.1, -0.05) is 43.3 Å². The summed E-state index contributed by atoms with van der Waals surface area (Å²) in [5.74, 6) is 0.754. The summed E-state index contributed by atoms with van der Waals surface area (Å²) in [5.41, 5.74) is 4.49. The Kier molecular flexibility index (Phi) is 8.34. The largest absolute Gasteiger partial charge is 0.352 e. The summed E-state index contributed by atoms with van der Waals surface area (Å²) in [6.45, 7) is 7.40. The fourth-order valence-corrected chi connectivity index (χ4v) is 2.80. The standard InChI is InChI=1S/C22H31N5O/c1-5-18-8-6-7-9-19(18)15-25-21(23-4)24-14-17-10-12-20(13-11-17)27-22(28)26-16(2)3/h6-13,16H,5,14-15H2,1-4H3,(H2,23,24,25)(H2,26,27,28). The molecule has 4 N–H and O–H groups in total. The highest BCUT2D eigenvalue weighted by Crippen LogP contribution is 2.10. The molecule has 2 aromatic rings. The molecule has 0 bridgehead atoms. The van der Waals surface area contributed by atoms with Crippen LogP contribution >= 0.6 is 0 Å². The zero-order valence-corrected chi connectivity index (χ0v) is 17.2. The summed E-state index contributed by atoms with van der Waals surface area (Å²) < 4.78 is 0. The van der Waals surface area contributed by atoms with Gasteiger partial charge in [0, 0.05) is 31.9 Å². The number of nitrogens with zero attached hydrogens (tertiary/aromatic N) is 1. The third-order valence-electron chi connectivity index (χ3n) is 4.26. The minimum absolute atomic E-state index is 0.104. The number of hydrogen-bond acceptors (Lipinski definition) is 2. The summed E-state index contributed by atoms with van der Waals surface area (Å²) in [6, 6.07) is 16.1. The van der Waals surface area contributed by atoms with Crippen LogP contribution in [0.1, 0.15) is 37.5 Å². The zero-order valence-electron chi connectivity index (χ0n) is 17.2. The molecule has 0 unspecified atom stereocenters. The molecule has 0 radical (unpaired) electrons. The van der Waals surface area contributed by atoms with Crippen LogP contribution in [0.3, 0.4) is 0 Å². The van der Waals surface area contributed by atoms with Crippen LogP contribution in [0.15, 0.2) is 53.5 Å². The quantitative estimate of drug-likeness (QED) is 0.437. The molecule has 6 nitrogen and oxygen atoms in total. The minimum atomic E-state index is -0.196. The Morgan fingerprint density at radius 1 is 0.964 bits per heavy atom. The molecule has 0 aliphatic rings. The van der Waals surface area contributed by atoms with Crippen molar-refractivity contribution in [3.63, 3.8) is 0 Å². The Hall–Kier alpha value is -3.02. The Balaban J connectivity index is 1.83. The molecule has 2 amide bonds. The average Bonchev–Trinajstić information content (AvgIpc) is 2.69. The lowest BCUT2D eigenvalue weighted by atomic mass is 10.1. The minimum Gasteiger partial charge on any atom is -0.352 e. The van der Waals surface area contributed by atoms with Crippen LogP contribution in [-0.4, -0.2) is 25.1 Å². The van der Waals surface area contributed by atoms with Crippen LogP contribution in [0.4, 0.5) is 10.5 Å². The summed E-state index contributed by atoms with van der Waals surface area (Å²) in [5, 5.41) is 12.3. The number of carbonyl (C=O) groups is 1. The molecule has 2 aromatic carbocycles. The van der Waals surface area contributed by atoms with Gasteiger partial charge in [-0.25, -0.2) is 4.79 Å². The zero-order chi connectivity index (χ0) is 20.4. The van der Waals surface area contributed by atoms with Crippen LogP contribution in [0.5, 0.6) is 0 Å². The Morgan fingerprint density at radius 2 is 1.61 bits per heavy atom. The first-order valence-corrected chi connectivity index (χ1v) is 9.69. The maximum Gasteiger partial charge on any atom is 0.319 e. The fraction of sp³-hybridized carbons (Fsp3) is 0.364. The van der Waals surface area contributed by atoms with E-state index in [0.717, 1.165) is 30.2 Å². The van der Waals surface area contributed by atoms with Gasteiger partial charge in [-0.05, 0) is 49.1 Å². The van der Waals surface area contributed by atoms with Gasteiger partial charge in [-0.15, -0.1) is 0 Å². The lowest BCUT2D eigenvalue weighted by Gasteiger charge is -2.14. The van der Waals surface area contributed by atoms with Crippen LogP contribution in [-0.2, 0) is 19.5 Å². The number of benzene rings is 2. The Labute approximate surface area is 167 Å². The molecule has 6 heteroatoms. The van der Waals surface area contributed by atoms with Crippen LogP contribution in [0.25, 0.3) is 0 Å². The molecular formula is C22H31N5O. The molecular weight excluding hydrogens is 350 g/mol. The van der Waals surface area contributed by atoms with E-state index in [1.54, 1.807) is 7.05 Å². The number of carbonyl (C=O) groups excluding carboxylic acids is 1. The van der Waals surface area contributed by atoms with E-state index in [4.69, 9.17) is 0 Å². The molecule has 150 valence electrons. The highest BCUT2D eigenvalue weighted by atomic mass is 16.2. The predicted octanol–water partition coefficient (Wildman–Crippen LogP) is 3.64. The number of rotatable bonds is 7. The van der Waals surface area contributed by atoms with Gasteiger partial charge in [0.1, 0.15) is 0 Å². The highest BCUT2D eigenvalue weighted by molar-refractivity contribution is 5.89. The second-order valence-electron chi connectivity index (χ2n) is 6.85. The maximum atomic E-state index is 11.7. The van der Waals surface area contributed by atoms with Crippen molar-refractivity contribution in [1.29, 1.82) is 0 Å². The van der Waals surface area contributed by atoms with Gasteiger partial charge in [-0.2, -0.15) is 0 Å². The van der Waals surface area contributed by atoms with Gasteiger partial charge in [0.05, 0.1) is 0 Å². The number of hydrogen-bond donors (Lipinski definition) is 4. The molecule has 0 aliphatic carbocycles. The smallest absolute Gasteiger partial charge is 0.319 e. The van der Waals surface area contributed by atoms with Crippen molar-refractivity contribution >= 4 is 17.7 Å². The van der Waals surface area contributed by atoms with E-state index in [2.05, 4.69) is 57.4 Å². The van der Waals surface area contributed by atoms with Crippen molar-refractivity contribution in [2.24, 2.45) is 4.99 Å². The number of urea groups is 1. The molecule has 0 fully saturated rings. The van der Waals surface area contributed by atoms with Crippen LogP contribution < -0.4 is 21.3 Å². The van der Waals surface area contributed by atoms with Crippen LogP contribution in [0.2, 0.25) is 0 Å². The molecule has 0 saturated carbocycles. The summed E-state index contributed by atoms with van der Waals surface area (Å²) in [4.78, 5) is 16.0.